The van der Waals surface area contributed by atoms with Crippen LogP contribution in [0.15, 0.2) is 34.2 Å². The number of hydrogen-bond acceptors (Lipinski definition) is 4. The lowest BCUT2D eigenvalue weighted by Gasteiger charge is -2.08. The molecule has 10 heteroatoms. The molecule has 0 atom stereocenters. The molecule has 0 radical (unpaired) electrons. The van der Waals surface area contributed by atoms with Crippen molar-refractivity contribution in [2.45, 2.75) is 32.4 Å². The van der Waals surface area contributed by atoms with Gasteiger partial charge in [0.15, 0.2) is 5.96 Å². The van der Waals surface area contributed by atoms with Gasteiger partial charge in [-0.1, -0.05) is 6.07 Å². The van der Waals surface area contributed by atoms with E-state index >= 15 is 0 Å². The Hall–Kier alpha value is -2.91. The maximum atomic E-state index is 12.1. The molecule has 0 aliphatic heterocycles. The van der Waals surface area contributed by atoms with Crippen LogP contribution in [0.3, 0.4) is 0 Å². The van der Waals surface area contributed by atoms with E-state index in [-0.39, 0.29) is 11.5 Å². The standard InChI is InChI=1S/C16H19F3N6O/c1-10-8-21-12(24-14(10)26)6-2-4-11-5-3-7-13(23-11)25-15(20)22-9-16(17,18)19/h3,5,7-8H,2,4,6,9H2,1H3,(H,21,24,26)(H3,20,22,23,25). The molecule has 2 aromatic rings. The van der Waals surface area contributed by atoms with Gasteiger partial charge in [-0.25, -0.2) is 15.0 Å². The highest BCUT2D eigenvalue weighted by Gasteiger charge is 2.26. The Kier molecular flexibility index (Phi) is 6.31. The summed E-state index contributed by atoms with van der Waals surface area (Å²) in [6, 6.07) is 5.09. The Bertz CT molecular complexity index is 831. The average Bonchev–Trinajstić information content (AvgIpc) is 2.56. The summed E-state index contributed by atoms with van der Waals surface area (Å²) in [5, 5.41) is 2.53. The largest absolute Gasteiger partial charge is 0.408 e. The van der Waals surface area contributed by atoms with Crippen molar-refractivity contribution >= 4 is 11.8 Å². The first-order chi connectivity index (χ1) is 12.2. The van der Waals surface area contributed by atoms with Crippen LogP contribution in [0, 0.1) is 6.92 Å². The van der Waals surface area contributed by atoms with E-state index < -0.39 is 12.7 Å². The zero-order chi connectivity index (χ0) is 19.2. The van der Waals surface area contributed by atoms with Crippen molar-refractivity contribution in [2.75, 3.05) is 11.9 Å². The number of nitrogens with two attached hydrogens (primary N) is 1. The zero-order valence-electron chi connectivity index (χ0n) is 14.1. The van der Waals surface area contributed by atoms with Crippen LogP contribution in [0.5, 0.6) is 0 Å². The van der Waals surface area contributed by atoms with Crippen LogP contribution in [0.4, 0.5) is 19.0 Å². The summed E-state index contributed by atoms with van der Waals surface area (Å²) in [4.78, 5) is 25.9. The lowest BCUT2D eigenvalue weighted by atomic mass is 10.1. The zero-order valence-corrected chi connectivity index (χ0v) is 14.1. The Morgan fingerprint density at radius 2 is 2.12 bits per heavy atom. The van der Waals surface area contributed by atoms with E-state index in [1.54, 1.807) is 25.1 Å². The topological polar surface area (TPSA) is 109 Å². The molecular formula is C16H19F3N6O. The Labute approximate surface area is 147 Å². The quantitative estimate of drug-likeness (QED) is 0.533. The molecule has 2 heterocycles. The van der Waals surface area contributed by atoms with Crippen LogP contribution in [0.25, 0.3) is 0 Å². The highest BCUT2D eigenvalue weighted by atomic mass is 19.4. The van der Waals surface area contributed by atoms with Gasteiger partial charge in [-0.05, 0) is 31.9 Å². The van der Waals surface area contributed by atoms with Crippen molar-refractivity contribution in [3.05, 3.63) is 51.8 Å². The number of guanidine groups is 1. The minimum atomic E-state index is -4.41. The number of hydrogen-bond donors (Lipinski definition) is 3. The Morgan fingerprint density at radius 1 is 1.35 bits per heavy atom. The molecule has 0 fully saturated rings. The molecule has 26 heavy (non-hydrogen) atoms. The highest BCUT2D eigenvalue weighted by Crippen LogP contribution is 2.14. The van der Waals surface area contributed by atoms with Crippen molar-refractivity contribution in [3.63, 3.8) is 0 Å². The molecule has 0 aliphatic carbocycles. The minimum absolute atomic E-state index is 0.159. The van der Waals surface area contributed by atoms with Gasteiger partial charge in [0.2, 0.25) is 0 Å². The monoisotopic (exact) mass is 368 g/mol. The summed E-state index contributed by atoms with van der Waals surface area (Å²) in [5.74, 6) is 0.555. The fourth-order valence-corrected chi connectivity index (χ4v) is 2.09. The van der Waals surface area contributed by atoms with Gasteiger partial charge in [0.1, 0.15) is 18.2 Å². The molecule has 140 valence electrons. The predicted molar refractivity (Wildman–Crippen MR) is 92.0 cm³/mol. The summed E-state index contributed by atoms with van der Waals surface area (Å²) in [7, 11) is 0. The van der Waals surface area contributed by atoms with Gasteiger partial charge in [0.25, 0.3) is 5.56 Å². The maximum Gasteiger partial charge on any atom is 0.408 e. The number of halogens is 3. The van der Waals surface area contributed by atoms with E-state index in [0.29, 0.717) is 36.5 Å². The smallest absolute Gasteiger partial charge is 0.370 e. The van der Waals surface area contributed by atoms with E-state index in [2.05, 4.69) is 25.3 Å². The maximum absolute atomic E-state index is 12.1. The predicted octanol–water partition coefficient (Wildman–Crippen LogP) is 1.94. The molecule has 7 nitrogen and oxygen atoms in total. The van der Waals surface area contributed by atoms with Crippen LogP contribution in [0.1, 0.15) is 23.5 Å². The third-order valence-corrected chi connectivity index (χ3v) is 3.37. The normalized spacial score (nSPS) is 12.2. The minimum Gasteiger partial charge on any atom is -0.370 e. The van der Waals surface area contributed by atoms with Crippen molar-refractivity contribution in [2.24, 2.45) is 10.7 Å². The van der Waals surface area contributed by atoms with Crippen LogP contribution < -0.4 is 16.6 Å². The van der Waals surface area contributed by atoms with E-state index in [1.165, 1.54) is 6.20 Å². The fraction of sp³-hybridized carbons (Fsp3) is 0.375. The summed E-state index contributed by atoms with van der Waals surface area (Å²) < 4.78 is 36.3. The van der Waals surface area contributed by atoms with E-state index in [4.69, 9.17) is 5.73 Å². The molecule has 0 unspecified atom stereocenters. The Morgan fingerprint density at radius 3 is 2.81 bits per heavy atom. The van der Waals surface area contributed by atoms with E-state index in [0.717, 1.165) is 5.69 Å². The average molecular weight is 368 g/mol. The number of aromatic nitrogens is 3. The van der Waals surface area contributed by atoms with Gasteiger partial charge >= 0.3 is 6.18 Å². The van der Waals surface area contributed by atoms with Crippen molar-refractivity contribution < 1.29 is 13.2 Å². The van der Waals surface area contributed by atoms with E-state index in [1.807, 2.05) is 0 Å². The second-order valence-corrected chi connectivity index (χ2v) is 5.65. The molecule has 4 N–H and O–H groups in total. The number of aromatic amines is 1. The van der Waals surface area contributed by atoms with Gasteiger partial charge in [-0.15, -0.1) is 0 Å². The number of aliphatic imine (C=N–C) groups is 1. The van der Waals surface area contributed by atoms with Gasteiger partial charge in [0, 0.05) is 23.9 Å². The van der Waals surface area contributed by atoms with Gasteiger partial charge in [-0.3, -0.25) is 4.79 Å². The summed E-state index contributed by atoms with van der Waals surface area (Å²) in [6.07, 6.45) is -1.01. The molecular weight excluding hydrogens is 349 g/mol. The highest BCUT2D eigenvalue weighted by molar-refractivity contribution is 5.91. The SMILES string of the molecule is Cc1cnc(CCCc2cccc(NC(N)=NCC(F)(F)F)n2)[nH]c1=O. The van der Waals surface area contributed by atoms with Gasteiger partial charge in [-0.2, -0.15) is 13.2 Å². The molecule has 0 bridgehead atoms. The molecule has 0 saturated heterocycles. The third-order valence-electron chi connectivity index (χ3n) is 3.37. The molecule has 2 aromatic heterocycles. The lowest BCUT2D eigenvalue weighted by Crippen LogP contribution is -2.26. The first-order valence-corrected chi connectivity index (χ1v) is 7.87. The summed E-state index contributed by atoms with van der Waals surface area (Å²) >= 11 is 0. The number of nitrogens with one attached hydrogen (secondary N) is 2. The first kappa shape index (κ1) is 19.4. The van der Waals surface area contributed by atoms with Crippen LogP contribution in [-0.4, -0.2) is 33.6 Å². The van der Waals surface area contributed by atoms with Gasteiger partial charge < -0.3 is 16.0 Å². The van der Waals surface area contributed by atoms with Gasteiger partial charge in [0.05, 0.1) is 0 Å². The summed E-state index contributed by atoms with van der Waals surface area (Å²) in [6.45, 7) is 0.328. The third kappa shape index (κ3) is 6.54. The molecule has 0 amide bonds. The van der Waals surface area contributed by atoms with E-state index in [9.17, 15) is 18.0 Å². The van der Waals surface area contributed by atoms with Crippen molar-refractivity contribution in [1.82, 2.24) is 15.0 Å². The number of H-pyrrole nitrogens is 1. The number of anilines is 1. The first-order valence-electron chi connectivity index (χ1n) is 7.87. The number of rotatable bonds is 6. The fourth-order valence-electron chi connectivity index (χ4n) is 2.09. The van der Waals surface area contributed by atoms with Crippen LogP contribution >= 0.6 is 0 Å². The second kappa shape index (κ2) is 8.45. The second-order valence-electron chi connectivity index (χ2n) is 5.65. The summed E-state index contributed by atoms with van der Waals surface area (Å²) in [5.41, 5.74) is 6.55. The number of alkyl halides is 3. The van der Waals surface area contributed by atoms with Crippen molar-refractivity contribution in [3.8, 4) is 0 Å². The molecule has 0 saturated carbocycles. The molecule has 0 aliphatic rings. The number of nitrogens with zero attached hydrogens (tertiary/aromatic N) is 3. The lowest BCUT2D eigenvalue weighted by molar-refractivity contribution is -0.118. The van der Waals surface area contributed by atoms with Crippen molar-refractivity contribution in [1.29, 1.82) is 0 Å². The Balaban J connectivity index is 1.90. The van der Waals surface area contributed by atoms with Crippen LogP contribution in [0.2, 0.25) is 0 Å². The molecule has 0 aromatic carbocycles. The van der Waals surface area contributed by atoms with Crippen LogP contribution in [-0.2, 0) is 12.8 Å². The number of pyridine rings is 1. The molecule has 2 rings (SSSR count). The molecule has 0 spiro atoms. The number of aryl methyl sites for hydroxylation is 3.